The Bertz CT molecular complexity index is 1200. The van der Waals surface area contributed by atoms with Crippen molar-refractivity contribution in [2.45, 2.75) is 26.0 Å². The zero-order chi connectivity index (χ0) is 24.8. The summed E-state index contributed by atoms with van der Waals surface area (Å²) in [5.74, 6) is -0.727. The minimum absolute atomic E-state index is 0.115. The maximum Gasteiger partial charge on any atom is 0.410 e. The molecule has 1 atom stereocenters. The van der Waals surface area contributed by atoms with Crippen LogP contribution in [-0.2, 0) is 27.3 Å². The van der Waals surface area contributed by atoms with E-state index < -0.39 is 23.9 Å². The fourth-order valence-electron chi connectivity index (χ4n) is 4.12. The summed E-state index contributed by atoms with van der Waals surface area (Å²) in [6.07, 6.45) is 0.0959. The van der Waals surface area contributed by atoms with E-state index >= 15 is 0 Å². The molecule has 3 aromatic carbocycles. The molecule has 0 N–H and O–H groups in total. The van der Waals surface area contributed by atoms with E-state index in [4.69, 9.17) is 14.2 Å². The molecule has 1 heterocycles. The number of amides is 1. The van der Waals surface area contributed by atoms with Crippen LogP contribution in [0.25, 0.3) is 0 Å². The lowest BCUT2D eigenvalue weighted by molar-refractivity contribution is -0.145. The zero-order valence-corrected chi connectivity index (χ0v) is 20.8. The van der Waals surface area contributed by atoms with Crippen molar-refractivity contribution in [2.24, 2.45) is 0 Å². The Balaban J connectivity index is 1.69. The van der Waals surface area contributed by atoms with Crippen molar-refractivity contribution >= 4 is 28.0 Å². The number of hydrogen-bond acceptors (Lipinski definition) is 5. The third-order valence-corrected chi connectivity index (χ3v) is 6.19. The summed E-state index contributed by atoms with van der Waals surface area (Å²) in [4.78, 5) is 26.7. The van der Waals surface area contributed by atoms with E-state index in [9.17, 15) is 14.0 Å². The number of nitrogens with zero attached hydrogens (tertiary/aromatic N) is 1. The van der Waals surface area contributed by atoms with Crippen molar-refractivity contribution in [3.8, 4) is 5.75 Å². The lowest BCUT2D eigenvalue weighted by Crippen LogP contribution is -2.41. The van der Waals surface area contributed by atoms with Crippen LogP contribution in [-0.4, -0.2) is 36.7 Å². The van der Waals surface area contributed by atoms with Gasteiger partial charge in [0.15, 0.2) is 6.61 Å². The minimum Gasteiger partial charge on any atom is -0.482 e. The van der Waals surface area contributed by atoms with Crippen molar-refractivity contribution in [1.29, 1.82) is 0 Å². The number of carbonyl (C=O) groups is 2. The fourth-order valence-corrected chi connectivity index (χ4v) is 4.50. The van der Waals surface area contributed by atoms with Crippen LogP contribution in [0.2, 0.25) is 0 Å². The van der Waals surface area contributed by atoms with Crippen LogP contribution in [0.3, 0.4) is 0 Å². The Kier molecular flexibility index (Phi) is 8.02. The Morgan fingerprint density at radius 1 is 1.03 bits per heavy atom. The van der Waals surface area contributed by atoms with Gasteiger partial charge in [-0.05, 0) is 60.4 Å². The molecule has 0 saturated heterocycles. The van der Waals surface area contributed by atoms with Gasteiger partial charge in [0.05, 0.1) is 12.6 Å². The highest BCUT2D eigenvalue weighted by molar-refractivity contribution is 9.10. The molecular weight excluding hydrogens is 517 g/mol. The molecule has 4 rings (SSSR count). The topological polar surface area (TPSA) is 65.1 Å². The SMILES string of the molecule is CCOC(=O)COc1ccc(F)cc1C1c2cc(Br)ccc2CCN1C(=O)OCc1ccccc1. The fraction of sp³-hybridized carbons (Fsp3) is 0.259. The van der Waals surface area contributed by atoms with Gasteiger partial charge < -0.3 is 14.2 Å². The third kappa shape index (κ3) is 6.00. The number of ether oxygens (including phenoxy) is 3. The van der Waals surface area contributed by atoms with E-state index in [-0.39, 0.29) is 25.6 Å². The Labute approximate surface area is 211 Å². The second-order valence-corrected chi connectivity index (χ2v) is 8.92. The second kappa shape index (κ2) is 11.4. The van der Waals surface area contributed by atoms with Crippen LogP contribution in [0.15, 0.2) is 71.2 Å². The summed E-state index contributed by atoms with van der Waals surface area (Å²) in [5.41, 5.74) is 3.14. The molecule has 0 aromatic heterocycles. The first-order chi connectivity index (χ1) is 17.0. The molecule has 3 aromatic rings. The maximum atomic E-state index is 14.5. The monoisotopic (exact) mass is 541 g/mol. The first kappa shape index (κ1) is 24.7. The molecular formula is C27H25BrFNO5. The van der Waals surface area contributed by atoms with E-state index in [1.54, 1.807) is 11.8 Å². The highest BCUT2D eigenvalue weighted by Crippen LogP contribution is 2.41. The molecule has 0 fully saturated rings. The Morgan fingerprint density at radius 2 is 1.83 bits per heavy atom. The predicted octanol–water partition coefficient (Wildman–Crippen LogP) is 5.81. The molecule has 0 bridgehead atoms. The maximum absolute atomic E-state index is 14.5. The highest BCUT2D eigenvalue weighted by Gasteiger charge is 2.35. The van der Waals surface area contributed by atoms with Gasteiger partial charge in [-0.3, -0.25) is 4.90 Å². The molecule has 1 amide bonds. The van der Waals surface area contributed by atoms with Crippen LogP contribution in [0, 0.1) is 5.82 Å². The summed E-state index contributed by atoms with van der Waals surface area (Å²) in [6.45, 7) is 2.09. The van der Waals surface area contributed by atoms with Gasteiger partial charge in [0.25, 0.3) is 0 Å². The molecule has 1 aliphatic heterocycles. The van der Waals surface area contributed by atoms with E-state index in [1.165, 1.54) is 18.2 Å². The molecule has 0 radical (unpaired) electrons. The van der Waals surface area contributed by atoms with Crippen LogP contribution in [0.5, 0.6) is 5.75 Å². The lowest BCUT2D eigenvalue weighted by Gasteiger charge is -2.37. The summed E-state index contributed by atoms with van der Waals surface area (Å²) in [5, 5.41) is 0. The average molecular weight is 542 g/mol. The minimum atomic E-state index is -0.674. The summed E-state index contributed by atoms with van der Waals surface area (Å²) in [7, 11) is 0. The first-order valence-corrected chi connectivity index (χ1v) is 12.1. The molecule has 8 heteroatoms. The van der Waals surface area contributed by atoms with Crippen molar-refractivity contribution < 1.29 is 28.2 Å². The van der Waals surface area contributed by atoms with Crippen LogP contribution < -0.4 is 4.74 Å². The van der Waals surface area contributed by atoms with Gasteiger partial charge in [0.1, 0.15) is 18.2 Å². The van der Waals surface area contributed by atoms with Crippen molar-refractivity contribution in [3.63, 3.8) is 0 Å². The smallest absolute Gasteiger partial charge is 0.410 e. The summed E-state index contributed by atoms with van der Waals surface area (Å²) < 4.78 is 31.6. The van der Waals surface area contributed by atoms with Gasteiger partial charge in [-0.2, -0.15) is 0 Å². The van der Waals surface area contributed by atoms with Crippen LogP contribution in [0.4, 0.5) is 9.18 Å². The number of halogens is 2. The third-order valence-electron chi connectivity index (χ3n) is 5.69. The normalized spacial score (nSPS) is 14.7. The molecule has 35 heavy (non-hydrogen) atoms. The van der Waals surface area contributed by atoms with Crippen molar-refractivity contribution in [3.05, 3.63) is 99.3 Å². The van der Waals surface area contributed by atoms with Gasteiger partial charge in [-0.1, -0.05) is 52.3 Å². The van der Waals surface area contributed by atoms with Gasteiger partial charge in [0.2, 0.25) is 0 Å². The first-order valence-electron chi connectivity index (χ1n) is 11.3. The van der Waals surface area contributed by atoms with Crippen LogP contribution in [0.1, 0.15) is 35.2 Å². The van der Waals surface area contributed by atoms with E-state index in [0.29, 0.717) is 18.5 Å². The van der Waals surface area contributed by atoms with Gasteiger partial charge in [-0.25, -0.2) is 14.0 Å². The Morgan fingerprint density at radius 3 is 2.60 bits per heavy atom. The molecule has 182 valence electrons. The standard InChI is InChI=1S/C27H25BrFNO5/c1-2-33-25(31)17-34-24-11-10-21(29)15-23(24)26-22-14-20(28)9-8-19(22)12-13-30(26)27(32)35-16-18-6-4-3-5-7-18/h3-11,14-15,26H,2,12-13,16-17H2,1H3. The number of fused-ring (bicyclic) bond motifs is 1. The molecule has 0 aliphatic carbocycles. The average Bonchev–Trinajstić information content (AvgIpc) is 2.86. The second-order valence-electron chi connectivity index (χ2n) is 8.01. The lowest BCUT2D eigenvalue weighted by atomic mass is 9.88. The van der Waals surface area contributed by atoms with Crippen LogP contribution >= 0.6 is 15.9 Å². The number of carbonyl (C=O) groups excluding carboxylic acids is 2. The van der Waals surface area contributed by atoms with Gasteiger partial charge in [-0.15, -0.1) is 0 Å². The van der Waals surface area contributed by atoms with E-state index in [0.717, 1.165) is 21.2 Å². The Hall–Kier alpha value is -3.39. The van der Waals surface area contributed by atoms with Crippen molar-refractivity contribution in [2.75, 3.05) is 19.8 Å². The summed E-state index contributed by atoms with van der Waals surface area (Å²) in [6, 6.07) is 18.6. The quantitative estimate of drug-likeness (QED) is 0.353. The van der Waals surface area contributed by atoms with E-state index in [1.807, 2.05) is 48.5 Å². The zero-order valence-electron chi connectivity index (χ0n) is 19.2. The van der Waals surface area contributed by atoms with Crippen molar-refractivity contribution in [1.82, 2.24) is 4.90 Å². The summed E-state index contributed by atoms with van der Waals surface area (Å²) >= 11 is 3.51. The number of esters is 1. The van der Waals surface area contributed by atoms with Gasteiger partial charge in [0, 0.05) is 16.6 Å². The molecule has 1 unspecified atom stereocenters. The molecule has 6 nitrogen and oxygen atoms in total. The molecule has 0 saturated carbocycles. The highest BCUT2D eigenvalue weighted by atomic mass is 79.9. The number of hydrogen-bond donors (Lipinski definition) is 0. The van der Waals surface area contributed by atoms with E-state index in [2.05, 4.69) is 15.9 Å². The predicted molar refractivity (Wildman–Crippen MR) is 132 cm³/mol. The molecule has 1 aliphatic rings. The molecule has 0 spiro atoms. The largest absolute Gasteiger partial charge is 0.482 e. The number of rotatable bonds is 7. The van der Waals surface area contributed by atoms with Gasteiger partial charge >= 0.3 is 12.1 Å². The number of benzene rings is 3.